The normalized spacial score (nSPS) is 25.9. The van der Waals surface area contributed by atoms with E-state index in [1.54, 1.807) is 0 Å². The molecule has 12 heteroatoms. The van der Waals surface area contributed by atoms with Gasteiger partial charge in [0.05, 0.1) is 12.6 Å². The minimum absolute atomic E-state index is 0.0453. The number of carbonyl (C=O) groups is 2. The molecule has 1 unspecified atom stereocenters. The van der Waals surface area contributed by atoms with Crippen molar-refractivity contribution in [1.82, 2.24) is 16.0 Å². The van der Waals surface area contributed by atoms with Gasteiger partial charge in [-0.05, 0) is 12.5 Å². The van der Waals surface area contributed by atoms with E-state index in [0.717, 1.165) is 12.1 Å². The van der Waals surface area contributed by atoms with Gasteiger partial charge in [0.1, 0.15) is 22.7 Å². The van der Waals surface area contributed by atoms with Crippen LogP contribution in [0.2, 0.25) is 5.02 Å². The smallest absolute Gasteiger partial charge is 0.368 e. The van der Waals surface area contributed by atoms with Crippen LogP contribution in [-0.4, -0.2) is 43.4 Å². The molecular formula is C16H15ClF5N3O3. The zero-order valence-electron chi connectivity index (χ0n) is 14.1. The van der Waals surface area contributed by atoms with E-state index in [1.807, 2.05) is 0 Å². The van der Waals surface area contributed by atoms with E-state index >= 15 is 0 Å². The van der Waals surface area contributed by atoms with E-state index in [9.17, 15) is 31.5 Å². The molecule has 28 heavy (non-hydrogen) atoms. The third kappa shape index (κ3) is 4.14. The topological polar surface area (TPSA) is 79.5 Å². The molecule has 0 bridgehead atoms. The highest BCUT2D eigenvalue weighted by atomic mass is 35.5. The van der Waals surface area contributed by atoms with Crippen molar-refractivity contribution in [2.45, 2.75) is 30.8 Å². The second-order valence-corrected chi connectivity index (χ2v) is 6.90. The van der Waals surface area contributed by atoms with E-state index in [0.29, 0.717) is 0 Å². The number of carbonyl (C=O) groups excluding carboxylic acids is 2. The molecule has 1 aromatic rings. The van der Waals surface area contributed by atoms with Crippen molar-refractivity contribution in [2.24, 2.45) is 5.92 Å². The molecule has 2 heterocycles. The maximum Gasteiger partial charge on any atom is 0.414 e. The van der Waals surface area contributed by atoms with Gasteiger partial charge in [-0.3, -0.25) is 4.79 Å². The van der Waals surface area contributed by atoms with E-state index < -0.39 is 71.9 Å². The van der Waals surface area contributed by atoms with Gasteiger partial charge in [-0.2, -0.15) is 13.2 Å². The Morgan fingerprint density at radius 2 is 2.04 bits per heavy atom. The number of benzene rings is 1. The zero-order valence-corrected chi connectivity index (χ0v) is 14.8. The summed E-state index contributed by atoms with van der Waals surface area (Å²) in [6.45, 7) is -0.449. The highest BCUT2D eigenvalue weighted by Gasteiger charge is 2.48. The molecule has 4 atom stereocenters. The molecule has 154 valence electrons. The second kappa shape index (κ2) is 7.70. The van der Waals surface area contributed by atoms with E-state index in [4.69, 9.17) is 16.3 Å². The molecule has 1 aromatic carbocycles. The summed E-state index contributed by atoms with van der Waals surface area (Å²) >= 11 is 5.58. The van der Waals surface area contributed by atoms with E-state index in [-0.39, 0.29) is 12.1 Å². The number of alkyl halides is 3. The van der Waals surface area contributed by atoms with E-state index in [2.05, 4.69) is 16.0 Å². The van der Waals surface area contributed by atoms with Crippen LogP contribution in [0.25, 0.3) is 0 Å². The molecule has 2 aliphatic rings. The fourth-order valence-corrected chi connectivity index (χ4v) is 3.38. The Balaban J connectivity index is 1.88. The van der Waals surface area contributed by atoms with Crippen LogP contribution in [0.4, 0.5) is 26.7 Å². The first-order chi connectivity index (χ1) is 13.1. The molecule has 2 saturated heterocycles. The van der Waals surface area contributed by atoms with Crippen molar-refractivity contribution < 1.29 is 36.3 Å². The molecule has 2 aliphatic heterocycles. The fourth-order valence-electron chi connectivity index (χ4n) is 3.21. The minimum atomic E-state index is -4.62. The Bertz CT molecular complexity index is 792. The van der Waals surface area contributed by atoms with Crippen LogP contribution < -0.4 is 16.0 Å². The van der Waals surface area contributed by atoms with Gasteiger partial charge in [0, 0.05) is 18.0 Å². The summed E-state index contributed by atoms with van der Waals surface area (Å²) < 4.78 is 71.6. The highest BCUT2D eigenvalue weighted by Crippen LogP contribution is 2.40. The largest absolute Gasteiger partial charge is 0.414 e. The first-order valence-corrected chi connectivity index (χ1v) is 8.62. The van der Waals surface area contributed by atoms with Crippen LogP contribution in [0.5, 0.6) is 0 Å². The fraction of sp³-hybridized carbons (Fsp3) is 0.500. The average molecular weight is 428 g/mol. The number of hydrogen-bond donors (Lipinski definition) is 3. The molecule has 3 N–H and O–H groups in total. The quantitative estimate of drug-likeness (QED) is 0.510. The standard InChI is InChI=1S/C16H15ClF5N3O3/c17-11-8(18)2-1-7(12(11)19)13(6-3-10(28-5-6)16(20,21)22)25-14(26)9-4-23-15(27)24-9/h1-2,6,9-10,13H,3-5H2,(H,25,26)(H2,23,24,27)/t6-,9-,10+,13?/m0/s1. The Morgan fingerprint density at radius 1 is 1.32 bits per heavy atom. The lowest BCUT2D eigenvalue weighted by Crippen LogP contribution is -2.46. The molecule has 0 spiro atoms. The number of rotatable bonds is 4. The number of urea groups is 1. The van der Waals surface area contributed by atoms with Crippen molar-refractivity contribution in [3.8, 4) is 0 Å². The maximum atomic E-state index is 14.5. The SMILES string of the molecule is O=C1NC[C@@H](C(=O)NC(c2ccc(F)c(Cl)c2F)[C@@H]2CO[C@@H](C(F)(F)F)C2)N1. The van der Waals surface area contributed by atoms with Gasteiger partial charge >= 0.3 is 12.2 Å². The lowest BCUT2D eigenvalue weighted by molar-refractivity contribution is -0.206. The van der Waals surface area contributed by atoms with Crippen LogP contribution in [0.3, 0.4) is 0 Å². The van der Waals surface area contributed by atoms with Gasteiger partial charge in [-0.15, -0.1) is 0 Å². The number of hydrogen-bond acceptors (Lipinski definition) is 3. The summed E-state index contributed by atoms with van der Waals surface area (Å²) in [4.78, 5) is 23.6. The maximum absolute atomic E-state index is 14.5. The summed E-state index contributed by atoms with van der Waals surface area (Å²) in [5.74, 6) is -3.91. The number of ether oxygens (including phenoxy) is 1. The molecule has 6 nitrogen and oxygen atoms in total. The molecule has 2 fully saturated rings. The Kier molecular flexibility index (Phi) is 5.67. The molecule has 0 radical (unpaired) electrons. The second-order valence-electron chi connectivity index (χ2n) is 6.52. The summed E-state index contributed by atoms with van der Waals surface area (Å²) in [5, 5.41) is 6.28. The molecule has 3 rings (SSSR count). The molecule has 0 saturated carbocycles. The van der Waals surface area contributed by atoms with E-state index in [1.165, 1.54) is 0 Å². The van der Waals surface area contributed by atoms with Crippen LogP contribution in [0.1, 0.15) is 18.0 Å². The van der Waals surface area contributed by atoms with Gasteiger partial charge in [-0.25, -0.2) is 13.6 Å². The number of amides is 3. The number of nitrogens with one attached hydrogen (secondary N) is 3. The lowest BCUT2D eigenvalue weighted by Gasteiger charge is -2.26. The van der Waals surface area contributed by atoms with Crippen LogP contribution >= 0.6 is 11.6 Å². The van der Waals surface area contributed by atoms with Crippen molar-refractivity contribution in [1.29, 1.82) is 0 Å². The van der Waals surface area contributed by atoms with Gasteiger partial charge in [0.15, 0.2) is 6.10 Å². The van der Waals surface area contributed by atoms with Crippen molar-refractivity contribution in [2.75, 3.05) is 13.2 Å². The monoisotopic (exact) mass is 427 g/mol. The van der Waals surface area contributed by atoms with Gasteiger partial charge in [-0.1, -0.05) is 17.7 Å². The Morgan fingerprint density at radius 3 is 2.61 bits per heavy atom. The average Bonchev–Trinajstić information content (AvgIpc) is 3.27. The first-order valence-electron chi connectivity index (χ1n) is 8.24. The predicted octanol–water partition coefficient (Wildman–Crippen LogP) is 2.42. The van der Waals surface area contributed by atoms with Gasteiger partial charge < -0.3 is 20.7 Å². The summed E-state index contributed by atoms with van der Waals surface area (Å²) in [7, 11) is 0. The molecular weight excluding hydrogens is 413 g/mol. The third-order valence-corrected chi connectivity index (χ3v) is 5.00. The summed E-state index contributed by atoms with van der Waals surface area (Å²) in [6.07, 6.45) is -7.21. The van der Waals surface area contributed by atoms with Gasteiger partial charge in [0.25, 0.3) is 0 Å². The lowest BCUT2D eigenvalue weighted by atomic mass is 9.90. The zero-order chi connectivity index (χ0) is 20.6. The van der Waals surface area contributed by atoms with Crippen LogP contribution in [-0.2, 0) is 9.53 Å². The Hall–Kier alpha value is -2.14. The summed E-state index contributed by atoms with van der Waals surface area (Å²) in [6, 6.07) is -0.983. The summed E-state index contributed by atoms with van der Waals surface area (Å²) in [5.41, 5.74) is -0.270. The molecule has 3 amide bonds. The predicted molar refractivity (Wildman–Crippen MR) is 86.5 cm³/mol. The van der Waals surface area contributed by atoms with Gasteiger partial charge in [0.2, 0.25) is 5.91 Å². The van der Waals surface area contributed by atoms with Crippen LogP contribution in [0, 0.1) is 17.6 Å². The Labute approximate surface area is 160 Å². The first kappa shape index (κ1) is 20.6. The molecule has 0 aliphatic carbocycles. The van der Waals surface area contributed by atoms with Crippen molar-refractivity contribution in [3.05, 3.63) is 34.4 Å². The molecule has 0 aromatic heterocycles. The minimum Gasteiger partial charge on any atom is -0.368 e. The van der Waals surface area contributed by atoms with Crippen LogP contribution in [0.15, 0.2) is 12.1 Å². The highest BCUT2D eigenvalue weighted by molar-refractivity contribution is 6.31. The number of halogens is 6. The van der Waals surface area contributed by atoms with Crippen molar-refractivity contribution in [3.63, 3.8) is 0 Å². The van der Waals surface area contributed by atoms with Crippen molar-refractivity contribution >= 4 is 23.5 Å². The third-order valence-electron chi connectivity index (χ3n) is 4.65.